The van der Waals surface area contributed by atoms with E-state index in [1.54, 1.807) is 0 Å². The van der Waals surface area contributed by atoms with Crippen LogP contribution in [0.15, 0.2) is 42.5 Å². The monoisotopic (exact) mass is 379 g/mol. The van der Waals surface area contributed by atoms with Gasteiger partial charge in [-0.05, 0) is 30.3 Å². The van der Waals surface area contributed by atoms with E-state index in [9.17, 15) is 28.1 Å². The number of ether oxygens (including phenoxy) is 1. The fraction of sp³-hybridized carbons (Fsp3) is 0.176. The predicted molar refractivity (Wildman–Crippen MR) is 87.2 cm³/mol. The number of alkyl halides is 3. The molecule has 0 saturated carbocycles. The summed E-state index contributed by atoms with van der Waals surface area (Å²) in [5.74, 6) is -0.673. The summed E-state index contributed by atoms with van der Waals surface area (Å²) in [6.45, 7) is 0.0104. The number of amides is 1. The van der Waals surface area contributed by atoms with Crippen LogP contribution in [0.2, 0.25) is 0 Å². The molecular weight excluding hydrogens is 367 g/mol. The molecule has 0 bridgehead atoms. The Morgan fingerprint density at radius 1 is 1.19 bits per heavy atom. The molecule has 1 amide bonds. The number of nitro benzene ring substituents is 1. The van der Waals surface area contributed by atoms with Crippen molar-refractivity contribution in [1.29, 1.82) is 5.26 Å². The summed E-state index contributed by atoms with van der Waals surface area (Å²) in [5, 5.41) is 21.9. The van der Waals surface area contributed by atoms with Crippen LogP contribution in [0.5, 0.6) is 11.5 Å². The number of nitrogens with zero attached hydrogens (tertiary/aromatic N) is 2. The molecule has 2 rings (SSSR count). The van der Waals surface area contributed by atoms with Crippen molar-refractivity contribution in [3.63, 3.8) is 0 Å². The fourth-order valence-corrected chi connectivity index (χ4v) is 2.09. The molecular formula is C17H12F3N3O4. The maximum Gasteiger partial charge on any atom is 0.416 e. The van der Waals surface area contributed by atoms with Gasteiger partial charge in [-0.2, -0.15) is 18.4 Å². The van der Waals surface area contributed by atoms with Crippen molar-refractivity contribution >= 4 is 11.6 Å². The Morgan fingerprint density at radius 3 is 2.37 bits per heavy atom. The van der Waals surface area contributed by atoms with Gasteiger partial charge in [0.1, 0.15) is 17.1 Å². The lowest BCUT2D eigenvalue weighted by molar-refractivity contribution is -0.385. The summed E-state index contributed by atoms with van der Waals surface area (Å²) < 4.78 is 43.1. The number of carbonyl (C=O) groups is 1. The third-order valence-corrected chi connectivity index (χ3v) is 3.35. The highest BCUT2D eigenvalue weighted by Gasteiger charge is 2.30. The highest BCUT2D eigenvalue weighted by atomic mass is 19.4. The minimum Gasteiger partial charge on any atom is -0.457 e. The summed E-state index contributed by atoms with van der Waals surface area (Å²) in [6, 6.07) is 9.05. The third-order valence-electron chi connectivity index (χ3n) is 3.35. The molecule has 10 heteroatoms. The number of carbonyl (C=O) groups excluding carboxylic acids is 1. The van der Waals surface area contributed by atoms with E-state index in [2.05, 4.69) is 5.32 Å². The van der Waals surface area contributed by atoms with Crippen LogP contribution < -0.4 is 10.1 Å². The Morgan fingerprint density at radius 2 is 1.81 bits per heavy atom. The molecule has 7 nitrogen and oxygen atoms in total. The van der Waals surface area contributed by atoms with E-state index in [4.69, 9.17) is 10.00 Å². The van der Waals surface area contributed by atoms with Gasteiger partial charge in [-0.15, -0.1) is 0 Å². The van der Waals surface area contributed by atoms with E-state index in [-0.39, 0.29) is 30.0 Å². The molecule has 2 aromatic rings. The van der Waals surface area contributed by atoms with Crippen LogP contribution in [0, 0.1) is 21.4 Å². The first-order valence-corrected chi connectivity index (χ1v) is 7.51. The Labute approximate surface area is 151 Å². The van der Waals surface area contributed by atoms with Crippen molar-refractivity contribution in [3.8, 4) is 17.6 Å². The number of rotatable bonds is 6. The minimum atomic E-state index is -4.49. The first kappa shape index (κ1) is 19.7. The van der Waals surface area contributed by atoms with Crippen LogP contribution >= 0.6 is 0 Å². The predicted octanol–water partition coefficient (Wildman–Crippen LogP) is 4.05. The molecule has 27 heavy (non-hydrogen) atoms. The van der Waals surface area contributed by atoms with Gasteiger partial charge in [0.05, 0.1) is 23.0 Å². The number of nitrogens with one attached hydrogen (secondary N) is 1. The average Bonchev–Trinajstić information content (AvgIpc) is 2.61. The van der Waals surface area contributed by atoms with Crippen LogP contribution in [-0.2, 0) is 6.18 Å². The number of hydrogen-bond acceptors (Lipinski definition) is 5. The second-order valence-electron chi connectivity index (χ2n) is 5.22. The fourth-order valence-electron chi connectivity index (χ4n) is 2.09. The largest absolute Gasteiger partial charge is 0.457 e. The summed E-state index contributed by atoms with van der Waals surface area (Å²) >= 11 is 0. The normalized spacial score (nSPS) is 10.7. The number of benzene rings is 2. The van der Waals surface area contributed by atoms with E-state index in [0.717, 1.165) is 36.4 Å². The highest BCUT2D eigenvalue weighted by molar-refractivity contribution is 5.98. The molecule has 0 aliphatic rings. The zero-order valence-corrected chi connectivity index (χ0v) is 13.6. The Hall–Kier alpha value is -3.61. The smallest absolute Gasteiger partial charge is 0.416 e. The van der Waals surface area contributed by atoms with Gasteiger partial charge in [0, 0.05) is 18.7 Å². The SMILES string of the molecule is N#CCCNC(=O)c1cc(Oc2ccc(C(F)(F)F)cc2)ccc1[N+](=O)[O-]. The van der Waals surface area contributed by atoms with Crippen LogP contribution in [0.3, 0.4) is 0 Å². The molecule has 0 fully saturated rings. The molecule has 0 saturated heterocycles. The number of hydrogen-bond donors (Lipinski definition) is 1. The van der Waals surface area contributed by atoms with Crippen molar-refractivity contribution in [3.05, 3.63) is 63.7 Å². The van der Waals surface area contributed by atoms with Crippen molar-refractivity contribution in [2.75, 3.05) is 6.54 Å². The quantitative estimate of drug-likeness (QED) is 0.463. The summed E-state index contributed by atoms with van der Waals surface area (Å²) in [5.41, 5.74) is -1.61. The molecule has 0 radical (unpaired) electrons. The van der Waals surface area contributed by atoms with Crippen LogP contribution in [-0.4, -0.2) is 17.4 Å². The average molecular weight is 379 g/mol. The van der Waals surface area contributed by atoms with Gasteiger partial charge in [-0.3, -0.25) is 14.9 Å². The van der Waals surface area contributed by atoms with E-state index >= 15 is 0 Å². The minimum absolute atomic E-state index is 0.0104. The zero-order chi connectivity index (χ0) is 20.0. The summed E-state index contributed by atoms with van der Waals surface area (Å²) in [4.78, 5) is 22.4. The van der Waals surface area contributed by atoms with E-state index in [0.29, 0.717) is 0 Å². The lowest BCUT2D eigenvalue weighted by Crippen LogP contribution is -2.25. The van der Waals surface area contributed by atoms with Gasteiger partial charge < -0.3 is 10.1 Å². The second-order valence-corrected chi connectivity index (χ2v) is 5.22. The van der Waals surface area contributed by atoms with Gasteiger partial charge in [-0.1, -0.05) is 0 Å². The van der Waals surface area contributed by atoms with E-state index in [1.807, 2.05) is 6.07 Å². The lowest BCUT2D eigenvalue weighted by atomic mass is 10.1. The molecule has 0 aliphatic carbocycles. The van der Waals surface area contributed by atoms with Gasteiger partial charge in [0.2, 0.25) is 0 Å². The molecule has 0 unspecified atom stereocenters. The Balaban J connectivity index is 2.25. The van der Waals surface area contributed by atoms with Crippen molar-refractivity contribution in [2.45, 2.75) is 12.6 Å². The highest BCUT2D eigenvalue weighted by Crippen LogP contribution is 2.32. The van der Waals surface area contributed by atoms with Crippen molar-refractivity contribution in [1.82, 2.24) is 5.32 Å². The molecule has 2 aromatic carbocycles. The van der Waals surface area contributed by atoms with Gasteiger partial charge >= 0.3 is 6.18 Å². The first-order valence-electron chi connectivity index (χ1n) is 7.51. The van der Waals surface area contributed by atoms with Crippen molar-refractivity contribution < 1.29 is 27.6 Å². The van der Waals surface area contributed by atoms with Gasteiger partial charge in [-0.25, -0.2) is 0 Å². The molecule has 140 valence electrons. The molecule has 0 aliphatic heterocycles. The van der Waals surface area contributed by atoms with Gasteiger partial charge in [0.25, 0.3) is 11.6 Å². The molecule has 0 heterocycles. The van der Waals surface area contributed by atoms with Gasteiger partial charge in [0.15, 0.2) is 0 Å². The zero-order valence-electron chi connectivity index (χ0n) is 13.6. The third kappa shape index (κ3) is 5.18. The standard InChI is InChI=1S/C17H12F3N3O4/c18-17(19,20)11-2-4-12(5-3-11)27-13-6-7-15(23(25)26)14(10-13)16(24)22-9-1-8-21/h2-7,10H,1,9H2,(H,22,24). The summed E-state index contributed by atoms with van der Waals surface area (Å²) in [6.07, 6.45) is -4.46. The maximum atomic E-state index is 12.6. The first-order chi connectivity index (χ1) is 12.7. The number of halogens is 3. The Bertz CT molecular complexity index is 890. The number of nitriles is 1. The van der Waals surface area contributed by atoms with E-state index in [1.165, 1.54) is 6.07 Å². The lowest BCUT2D eigenvalue weighted by Gasteiger charge is -2.10. The summed E-state index contributed by atoms with van der Waals surface area (Å²) in [7, 11) is 0. The second kappa shape index (κ2) is 8.18. The maximum absolute atomic E-state index is 12.6. The Kier molecular flexibility index (Phi) is 5.97. The molecule has 1 N–H and O–H groups in total. The molecule has 0 aromatic heterocycles. The topological polar surface area (TPSA) is 105 Å². The van der Waals surface area contributed by atoms with E-state index < -0.39 is 28.3 Å². The van der Waals surface area contributed by atoms with Crippen molar-refractivity contribution in [2.24, 2.45) is 0 Å². The molecule has 0 spiro atoms. The van der Waals surface area contributed by atoms with Crippen LogP contribution in [0.4, 0.5) is 18.9 Å². The van der Waals surface area contributed by atoms with Crippen LogP contribution in [0.25, 0.3) is 0 Å². The van der Waals surface area contributed by atoms with Crippen LogP contribution in [0.1, 0.15) is 22.3 Å². The number of nitro groups is 1. The molecule has 0 atom stereocenters.